The second-order valence-electron chi connectivity index (χ2n) is 33.6. The summed E-state index contributed by atoms with van der Waals surface area (Å²) in [4.78, 5) is 10.4. The first-order chi connectivity index (χ1) is 39.4. The number of rotatable bonds is 22. The molecule has 4 aromatic carbocycles. The van der Waals surface area contributed by atoms with Crippen molar-refractivity contribution in [3.63, 3.8) is 0 Å². The molecule has 0 bridgehead atoms. The van der Waals surface area contributed by atoms with Crippen LogP contribution in [0.5, 0.6) is 11.5 Å². The number of likely N-dealkylation sites (tertiary alicyclic amines) is 2. The van der Waals surface area contributed by atoms with Gasteiger partial charge in [0.25, 0.3) is 0 Å². The topological polar surface area (TPSA) is 87.3 Å². The number of hydrogen-bond acceptors (Lipinski definition) is 6. The van der Waals surface area contributed by atoms with E-state index in [2.05, 4.69) is 280 Å². The van der Waals surface area contributed by atoms with E-state index in [1.807, 2.05) is 0 Å². The van der Waals surface area contributed by atoms with E-state index in [1.165, 1.54) is 99.8 Å². The molecule has 2 atom stereocenters. The molecule has 88 heavy (non-hydrogen) atoms. The predicted octanol–water partition coefficient (Wildman–Crippen LogP) is 19.3. The molecule has 0 aliphatic carbocycles. The van der Waals surface area contributed by atoms with Crippen molar-refractivity contribution in [2.24, 2.45) is 0 Å². The largest absolute Gasteiger partial charge is 2.00 e. The average Bonchev–Trinajstić information content (AvgIpc) is 1.61. The summed E-state index contributed by atoms with van der Waals surface area (Å²) < 4.78 is 9.64. The molecule has 8 nitrogen and oxygen atoms in total. The fourth-order valence-electron chi connectivity index (χ4n) is 12.3. The smallest absolute Gasteiger partial charge is 0.872 e. The molecule has 2 fully saturated rings. The van der Waals surface area contributed by atoms with Crippen molar-refractivity contribution in [2.75, 3.05) is 39.3 Å². The van der Waals surface area contributed by atoms with Gasteiger partial charge in [-0.2, -0.15) is 0 Å². The van der Waals surface area contributed by atoms with Crippen molar-refractivity contribution in [1.29, 1.82) is 0 Å². The Morgan fingerprint density at radius 1 is 0.443 bits per heavy atom. The van der Waals surface area contributed by atoms with E-state index in [0.29, 0.717) is 25.2 Å². The second-order valence-corrected chi connectivity index (χ2v) is 52.8. The fraction of sp³-hybridized carbons (Fsp3) is 0.676. The molecule has 2 aliphatic heterocycles. The first-order valence-electron chi connectivity index (χ1n) is 33.6. The van der Waals surface area contributed by atoms with Gasteiger partial charge in [0.2, 0.25) is 0 Å². The van der Waals surface area contributed by atoms with E-state index in [-0.39, 0.29) is 72.1 Å². The Hall–Kier alpha value is -1.65. The molecule has 6 rings (SSSR count). The molecule has 0 aromatic heterocycles. The van der Waals surface area contributed by atoms with Crippen molar-refractivity contribution in [2.45, 2.75) is 287 Å². The maximum absolute atomic E-state index is 13.7. The van der Waals surface area contributed by atoms with Gasteiger partial charge < -0.3 is 19.5 Å². The molecule has 0 unspecified atom stereocenters. The van der Waals surface area contributed by atoms with Gasteiger partial charge in [-0.25, -0.2) is 0 Å². The molecule has 0 spiro atoms. The predicted molar refractivity (Wildman–Crippen MR) is 387 cm³/mol. The SMILES string of the molecule is CCCCN1CCC[C@H]1CN(Cc1ccccc1)Cc1cc(C(C)(C)C)cc(C(C)(C)C)c1[O-].CCCCN1CCC[C@H]1CN(Cc1ccccc1)Cc1cc(C(C)(C)C)cc(C(C)(C)C)c1[O-].C[Si](C)(C)[N-][Si](C)(C)C.C[Si](C)(C)[N-][Si](C)(C)C.[Zn+2].[Zn+2]. The first-order valence-corrected chi connectivity index (χ1v) is 47.4. The standard InChI is InChI=1S/2C31H48N2O.2C6H18NSi2.2Zn/c2*1-8-9-17-33-18-13-16-27(33)23-32(21-24-14-11-10-12-15-24)22-25-19-26(30(2,3)4)20-28(29(25)34)31(5,6)7;2*1-8(2,3)7-9(4,5)6;;/h2*10-12,14-15,19-20,27,34H,8-9,13,16-18,21-23H2,1-7H3;2*1-6H3;;/q;;2*-1;2*+2/p-2/t2*27-;;;;/m00..../s1. The molecule has 488 valence electrons. The summed E-state index contributed by atoms with van der Waals surface area (Å²) in [7, 11) is -4.42. The molecule has 0 saturated carbocycles. The van der Waals surface area contributed by atoms with Crippen molar-refractivity contribution < 1.29 is 49.2 Å². The van der Waals surface area contributed by atoms with E-state index in [0.717, 1.165) is 48.4 Å². The molecule has 14 heteroatoms. The Bertz CT molecular complexity index is 2390. The Labute approximate surface area is 573 Å². The van der Waals surface area contributed by atoms with Gasteiger partial charge >= 0.3 is 39.0 Å². The third-order valence-electron chi connectivity index (χ3n) is 15.8. The second kappa shape index (κ2) is 36.9. The van der Waals surface area contributed by atoms with Gasteiger partial charge in [0.1, 0.15) is 0 Å². The Kier molecular flexibility index (Phi) is 35.3. The minimum atomic E-state index is -1.11. The van der Waals surface area contributed by atoms with Crippen LogP contribution in [0.1, 0.15) is 193 Å². The van der Waals surface area contributed by atoms with Crippen molar-refractivity contribution in [1.82, 2.24) is 19.6 Å². The maximum atomic E-state index is 13.7. The normalized spacial score (nSPS) is 16.5. The van der Waals surface area contributed by atoms with Crippen molar-refractivity contribution in [3.8, 4) is 11.5 Å². The quantitative estimate of drug-likeness (QED) is 0.0729. The van der Waals surface area contributed by atoms with Crippen LogP contribution >= 0.6 is 0 Å². The summed E-state index contributed by atoms with van der Waals surface area (Å²) in [5.41, 5.74) is 8.63. The van der Waals surface area contributed by atoms with E-state index in [9.17, 15) is 10.2 Å². The van der Waals surface area contributed by atoms with E-state index in [4.69, 9.17) is 9.30 Å². The van der Waals surface area contributed by atoms with Gasteiger partial charge in [0.15, 0.2) is 0 Å². The van der Waals surface area contributed by atoms with Crippen LogP contribution in [-0.4, -0.2) is 104 Å². The van der Waals surface area contributed by atoms with Crippen LogP contribution in [0.15, 0.2) is 84.9 Å². The third-order valence-corrected chi connectivity index (χ3v) is 26.6. The van der Waals surface area contributed by atoms with Gasteiger partial charge in [-0.1, -0.05) is 306 Å². The molecule has 2 heterocycles. The van der Waals surface area contributed by atoms with Crippen LogP contribution in [0.2, 0.25) is 78.6 Å². The van der Waals surface area contributed by atoms with E-state index < -0.39 is 32.9 Å². The van der Waals surface area contributed by atoms with Crippen molar-refractivity contribution >= 4 is 32.9 Å². The van der Waals surface area contributed by atoms with Gasteiger partial charge in [-0.05, 0) is 131 Å². The van der Waals surface area contributed by atoms with Crippen LogP contribution in [0, 0.1) is 0 Å². The minimum Gasteiger partial charge on any atom is -0.872 e. The zero-order valence-corrected chi connectivity index (χ0v) is 71.8. The monoisotopic (exact) mass is 1370 g/mol. The van der Waals surface area contributed by atoms with Crippen LogP contribution in [-0.2, 0) is 86.8 Å². The van der Waals surface area contributed by atoms with Gasteiger partial charge in [0.05, 0.1) is 0 Å². The molecule has 2 aliphatic rings. The third kappa shape index (κ3) is 32.5. The minimum absolute atomic E-state index is 0. The van der Waals surface area contributed by atoms with Crippen LogP contribution < -0.4 is 10.2 Å². The van der Waals surface area contributed by atoms with Crippen LogP contribution in [0.4, 0.5) is 0 Å². The molecule has 4 aromatic rings. The molecular formula is C74H130N6O2Si4Zn2. The summed E-state index contributed by atoms with van der Waals surface area (Å²) in [6.45, 7) is 68.6. The zero-order chi connectivity index (χ0) is 65.3. The summed E-state index contributed by atoms with van der Waals surface area (Å²) >= 11 is 0. The van der Waals surface area contributed by atoms with Gasteiger partial charge in [0, 0.05) is 51.4 Å². The number of unbranched alkanes of at least 4 members (excludes halogenated alkanes) is 2. The fourth-order valence-corrected chi connectivity index (χ4v) is 28.4. The summed E-state index contributed by atoms with van der Waals surface area (Å²) in [5.74, 6) is 0.459. The number of hydrogen-bond donors (Lipinski definition) is 0. The number of nitrogens with zero attached hydrogens (tertiary/aromatic N) is 6. The van der Waals surface area contributed by atoms with E-state index >= 15 is 0 Å². The Morgan fingerprint density at radius 2 is 0.739 bits per heavy atom. The van der Waals surface area contributed by atoms with E-state index in [1.54, 1.807) is 0 Å². The zero-order valence-electron chi connectivity index (χ0n) is 61.9. The van der Waals surface area contributed by atoms with Gasteiger partial charge in [-0.15, -0.1) is 11.5 Å². The molecular weight excluding hydrogens is 1250 g/mol. The molecule has 0 radical (unpaired) electrons. The van der Waals surface area contributed by atoms with Crippen molar-refractivity contribution in [3.05, 3.63) is 139 Å². The Morgan fingerprint density at radius 3 is 0.977 bits per heavy atom. The Balaban J connectivity index is 0.000000676. The maximum Gasteiger partial charge on any atom is 2.00 e. The van der Waals surface area contributed by atoms with Crippen LogP contribution in [0.25, 0.3) is 9.30 Å². The molecule has 2 saturated heterocycles. The van der Waals surface area contributed by atoms with Crippen LogP contribution in [0.3, 0.4) is 0 Å². The molecule has 0 amide bonds. The first kappa shape index (κ1) is 84.4. The summed E-state index contributed by atoms with van der Waals surface area (Å²) in [5, 5.41) is 27.4. The summed E-state index contributed by atoms with van der Waals surface area (Å²) in [6, 6.07) is 31.3. The summed E-state index contributed by atoms with van der Waals surface area (Å²) in [6.07, 6.45) is 10.1. The number of benzene rings is 4. The average molecular weight is 1380 g/mol. The molecule has 0 N–H and O–H groups in total. The van der Waals surface area contributed by atoms with Gasteiger partial charge in [-0.3, -0.25) is 19.6 Å².